The molecule has 1 aromatic rings. The normalized spacial score (nSPS) is 13.4. The third kappa shape index (κ3) is 5.10. The van der Waals surface area contributed by atoms with Gasteiger partial charge in [0.05, 0.1) is 4.90 Å². The summed E-state index contributed by atoms with van der Waals surface area (Å²) in [5.74, 6) is 0.190. The van der Waals surface area contributed by atoms with Gasteiger partial charge in [-0.15, -0.1) is 0 Å². The van der Waals surface area contributed by atoms with Crippen LogP contribution >= 0.6 is 15.9 Å². The second-order valence-corrected chi connectivity index (χ2v) is 7.13. The maximum Gasteiger partial charge on any atom is 0.240 e. The van der Waals surface area contributed by atoms with E-state index in [4.69, 9.17) is 10.8 Å². The smallest absolute Gasteiger partial charge is 0.240 e. The van der Waals surface area contributed by atoms with Crippen molar-refractivity contribution in [1.29, 1.82) is 0 Å². The summed E-state index contributed by atoms with van der Waals surface area (Å²) in [7, 11) is -3.50. The van der Waals surface area contributed by atoms with Gasteiger partial charge in [-0.25, -0.2) is 13.1 Å². The van der Waals surface area contributed by atoms with Crippen LogP contribution in [0.2, 0.25) is 0 Å². The van der Waals surface area contributed by atoms with Gasteiger partial charge in [0.15, 0.2) is 0 Å². The number of nitrogen functional groups attached to an aromatic ring is 1. The van der Waals surface area contributed by atoms with Crippen LogP contribution in [0.15, 0.2) is 27.6 Å². The Morgan fingerprint density at radius 1 is 1.47 bits per heavy atom. The van der Waals surface area contributed by atoms with E-state index < -0.39 is 10.0 Å². The van der Waals surface area contributed by atoms with Crippen LogP contribution in [0, 0.1) is 5.92 Å². The van der Waals surface area contributed by atoms with E-state index in [9.17, 15) is 8.42 Å². The number of nitrogens with one attached hydrogen (secondary N) is 1. The molecule has 1 atom stereocenters. The highest BCUT2D eigenvalue weighted by atomic mass is 79.9. The first-order chi connectivity index (χ1) is 8.86. The summed E-state index contributed by atoms with van der Waals surface area (Å²) in [6.07, 6.45) is 1.47. The summed E-state index contributed by atoms with van der Waals surface area (Å²) in [5.41, 5.74) is 6.11. The summed E-state index contributed by atoms with van der Waals surface area (Å²) in [6, 6.07) is 4.50. The van der Waals surface area contributed by atoms with Crippen LogP contribution in [-0.2, 0) is 10.0 Å². The third-order valence-electron chi connectivity index (χ3n) is 2.76. The van der Waals surface area contributed by atoms with Crippen LogP contribution in [0.1, 0.15) is 19.8 Å². The number of rotatable bonds is 7. The molecule has 0 saturated carbocycles. The Balaban J connectivity index is 2.58. The molecule has 4 N–H and O–H groups in total. The molecule has 0 heterocycles. The molecule has 0 aromatic heterocycles. The van der Waals surface area contributed by atoms with E-state index in [1.54, 1.807) is 6.07 Å². The van der Waals surface area contributed by atoms with Gasteiger partial charge in [0.25, 0.3) is 0 Å². The number of hydrogen-bond acceptors (Lipinski definition) is 4. The number of aliphatic hydroxyl groups excluding tert-OH is 1. The molecule has 0 aliphatic rings. The zero-order chi connectivity index (χ0) is 14.5. The summed E-state index contributed by atoms with van der Waals surface area (Å²) in [5, 5.41) is 8.87. The second kappa shape index (κ2) is 7.23. The number of hydrogen-bond donors (Lipinski definition) is 3. The van der Waals surface area contributed by atoms with Crippen LogP contribution in [0.3, 0.4) is 0 Å². The molecule has 0 fully saturated rings. The van der Waals surface area contributed by atoms with Crippen molar-refractivity contribution < 1.29 is 13.5 Å². The Morgan fingerprint density at radius 2 is 2.16 bits per heavy atom. The number of benzene rings is 1. The van der Waals surface area contributed by atoms with E-state index in [2.05, 4.69) is 20.7 Å². The second-order valence-electron chi connectivity index (χ2n) is 4.51. The maximum atomic E-state index is 12.0. The number of anilines is 1. The molecule has 19 heavy (non-hydrogen) atoms. The Bertz CT molecular complexity index is 520. The van der Waals surface area contributed by atoms with Gasteiger partial charge in [-0.3, -0.25) is 0 Å². The van der Waals surface area contributed by atoms with Crippen molar-refractivity contribution in [2.75, 3.05) is 18.9 Å². The number of halogens is 1. The van der Waals surface area contributed by atoms with Crippen molar-refractivity contribution in [3.05, 3.63) is 22.7 Å². The third-order valence-corrected chi connectivity index (χ3v) is 4.91. The largest absolute Gasteiger partial charge is 0.398 e. The van der Waals surface area contributed by atoms with E-state index >= 15 is 0 Å². The molecule has 0 aliphatic heterocycles. The van der Waals surface area contributed by atoms with Crippen LogP contribution in [0.25, 0.3) is 0 Å². The summed E-state index contributed by atoms with van der Waals surface area (Å²) in [4.78, 5) is 0.184. The first kappa shape index (κ1) is 16.4. The maximum absolute atomic E-state index is 12.0. The lowest BCUT2D eigenvalue weighted by atomic mass is 10.1. The van der Waals surface area contributed by atoms with Crippen LogP contribution in [-0.4, -0.2) is 26.7 Å². The molecular weight excluding hydrogens is 332 g/mol. The Morgan fingerprint density at radius 3 is 2.74 bits per heavy atom. The fraction of sp³-hybridized carbons (Fsp3) is 0.500. The molecule has 108 valence electrons. The van der Waals surface area contributed by atoms with Crippen LogP contribution in [0.5, 0.6) is 0 Å². The first-order valence-electron chi connectivity index (χ1n) is 6.02. The molecule has 7 heteroatoms. The minimum Gasteiger partial charge on any atom is -0.398 e. The van der Waals surface area contributed by atoms with Gasteiger partial charge in [0.2, 0.25) is 10.0 Å². The van der Waals surface area contributed by atoms with E-state index in [1.807, 2.05) is 6.92 Å². The highest BCUT2D eigenvalue weighted by Crippen LogP contribution is 2.22. The van der Waals surface area contributed by atoms with Gasteiger partial charge >= 0.3 is 0 Å². The Hall–Kier alpha value is -0.630. The monoisotopic (exact) mass is 350 g/mol. The van der Waals surface area contributed by atoms with Crippen LogP contribution in [0.4, 0.5) is 5.69 Å². The predicted molar refractivity (Wildman–Crippen MR) is 79.2 cm³/mol. The van der Waals surface area contributed by atoms with E-state index in [0.717, 1.165) is 6.42 Å². The van der Waals surface area contributed by atoms with Gasteiger partial charge in [-0.2, -0.15) is 0 Å². The number of sulfonamides is 1. The lowest BCUT2D eigenvalue weighted by Gasteiger charge is -2.10. The first-order valence-corrected chi connectivity index (χ1v) is 8.30. The van der Waals surface area contributed by atoms with Gasteiger partial charge in [0.1, 0.15) is 0 Å². The van der Waals surface area contributed by atoms with Crippen molar-refractivity contribution in [2.45, 2.75) is 24.7 Å². The van der Waals surface area contributed by atoms with Gasteiger partial charge in [0, 0.05) is 23.3 Å². The SMILES string of the molecule is CC(CO)CCCNS(=O)(=O)c1ccc(N)c(Br)c1. The van der Waals surface area contributed by atoms with Gasteiger partial charge in [-0.05, 0) is 52.9 Å². The molecule has 0 radical (unpaired) electrons. The molecule has 0 amide bonds. The molecule has 1 rings (SSSR count). The van der Waals surface area contributed by atoms with Crippen molar-refractivity contribution in [3.8, 4) is 0 Å². The summed E-state index contributed by atoms with van der Waals surface area (Å²) < 4.78 is 27.1. The quantitative estimate of drug-likeness (QED) is 0.515. The van der Waals surface area contributed by atoms with Crippen molar-refractivity contribution in [2.24, 2.45) is 5.92 Å². The van der Waals surface area contributed by atoms with E-state index in [-0.39, 0.29) is 17.4 Å². The molecule has 1 unspecified atom stereocenters. The van der Waals surface area contributed by atoms with E-state index in [0.29, 0.717) is 23.1 Å². The lowest BCUT2D eigenvalue weighted by molar-refractivity contribution is 0.228. The topological polar surface area (TPSA) is 92.4 Å². The number of nitrogens with two attached hydrogens (primary N) is 1. The highest BCUT2D eigenvalue weighted by Gasteiger charge is 2.14. The molecule has 0 bridgehead atoms. The van der Waals surface area contributed by atoms with Crippen molar-refractivity contribution in [3.63, 3.8) is 0 Å². The fourth-order valence-corrected chi connectivity index (χ4v) is 3.14. The summed E-state index contributed by atoms with van der Waals surface area (Å²) >= 11 is 3.20. The summed E-state index contributed by atoms with van der Waals surface area (Å²) in [6.45, 7) is 2.40. The van der Waals surface area contributed by atoms with Crippen molar-refractivity contribution in [1.82, 2.24) is 4.72 Å². The average Bonchev–Trinajstić information content (AvgIpc) is 2.37. The standard InChI is InChI=1S/C12H19BrN2O3S/c1-9(8-16)3-2-6-15-19(17,18)10-4-5-12(14)11(13)7-10/h4-5,7,9,15-16H,2-3,6,8,14H2,1H3. The zero-order valence-electron chi connectivity index (χ0n) is 10.8. The molecule has 0 spiro atoms. The van der Waals surface area contributed by atoms with Gasteiger partial charge in [-0.1, -0.05) is 6.92 Å². The Labute approximate surface area is 122 Å². The molecule has 1 aromatic carbocycles. The molecular formula is C12H19BrN2O3S. The molecule has 0 aliphatic carbocycles. The molecule has 0 saturated heterocycles. The Kier molecular flexibility index (Phi) is 6.25. The lowest BCUT2D eigenvalue weighted by Crippen LogP contribution is -2.25. The molecule has 5 nitrogen and oxygen atoms in total. The number of aliphatic hydroxyl groups is 1. The van der Waals surface area contributed by atoms with Gasteiger partial charge < -0.3 is 10.8 Å². The van der Waals surface area contributed by atoms with E-state index in [1.165, 1.54) is 12.1 Å². The minimum atomic E-state index is -3.50. The highest BCUT2D eigenvalue weighted by molar-refractivity contribution is 9.10. The minimum absolute atomic E-state index is 0.123. The van der Waals surface area contributed by atoms with Crippen LogP contribution < -0.4 is 10.5 Å². The fourth-order valence-electron chi connectivity index (χ4n) is 1.51. The average molecular weight is 351 g/mol. The van der Waals surface area contributed by atoms with Crippen molar-refractivity contribution >= 4 is 31.6 Å². The zero-order valence-corrected chi connectivity index (χ0v) is 13.2. The predicted octanol–water partition coefficient (Wildman–Crippen LogP) is 1.72.